The molecule has 0 bridgehead atoms. The molecule has 0 aliphatic heterocycles. The molecule has 1 rings (SSSR count). The Morgan fingerprint density at radius 1 is 1.45 bits per heavy atom. The van der Waals surface area contributed by atoms with E-state index in [0.29, 0.717) is 5.69 Å². The highest BCUT2D eigenvalue weighted by Crippen LogP contribution is 2.33. The van der Waals surface area contributed by atoms with Gasteiger partial charge in [-0.05, 0) is 12.1 Å². The van der Waals surface area contributed by atoms with E-state index in [1.807, 2.05) is 0 Å². The first-order chi connectivity index (χ1) is 5.00. The summed E-state index contributed by atoms with van der Waals surface area (Å²) in [5.41, 5.74) is 2.37. The van der Waals surface area contributed by atoms with Gasteiger partial charge in [-0.1, -0.05) is 9.24 Å². The maximum Gasteiger partial charge on any atom is 0.300 e. The van der Waals surface area contributed by atoms with Crippen LogP contribution in [-0.4, -0.2) is 4.98 Å². The van der Waals surface area contributed by atoms with Crippen molar-refractivity contribution in [3.8, 4) is 0 Å². The third-order valence-corrected chi connectivity index (χ3v) is 1.42. The number of nitrogens with two attached hydrogens (primary N) is 1. The van der Waals surface area contributed by atoms with Crippen LogP contribution in [-0.2, 0) is 5.66 Å². The molecule has 1 aromatic heterocycles. The van der Waals surface area contributed by atoms with Gasteiger partial charge in [-0.2, -0.15) is 8.78 Å². The number of alkyl halides is 2. The van der Waals surface area contributed by atoms with Crippen LogP contribution in [0.3, 0.4) is 0 Å². The van der Waals surface area contributed by atoms with Crippen molar-refractivity contribution in [1.29, 1.82) is 0 Å². The van der Waals surface area contributed by atoms with E-state index in [4.69, 9.17) is 5.73 Å². The predicted octanol–water partition coefficient (Wildman–Crippen LogP) is 1.59. The summed E-state index contributed by atoms with van der Waals surface area (Å²) in [4.78, 5) is 3.45. The Labute approximate surface area is 65.0 Å². The van der Waals surface area contributed by atoms with E-state index in [2.05, 4.69) is 4.98 Å². The van der Waals surface area contributed by atoms with Gasteiger partial charge in [0.15, 0.2) is 0 Å². The van der Waals surface area contributed by atoms with Gasteiger partial charge in [0.05, 0.1) is 11.9 Å². The first-order valence-electron chi connectivity index (χ1n) is 2.89. The summed E-state index contributed by atoms with van der Waals surface area (Å²) in [6.07, 6.45) is 1.20. The lowest BCUT2D eigenvalue weighted by molar-refractivity contribution is 0.0987. The van der Waals surface area contributed by atoms with Crippen molar-refractivity contribution in [2.45, 2.75) is 5.66 Å². The number of pyridine rings is 1. The minimum absolute atomic E-state index is 0.295. The largest absolute Gasteiger partial charge is 0.397 e. The molecule has 1 aromatic rings. The van der Waals surface area contributed by atoms with Gasteiger partial charge in [0.2, 0.25) is 0 Å². The smallest absolute Gasteiger partial charge is 0.300 e. The van der Waals surface area contributed by atoms with Crippen LogP contribution in [0.25, 0.3) is 0 Å². The lowest BCUT2D eigenvalue weighted by Gasteiger charge is -2.07. The number of rotatable bonds is 1. The summed E-state index contributed by atoms with van der Waals surface area (Å²) in [6.45, 7) is 0. The van der Waals surface area contributed by atoms with Crippen molar-refractivity contribution < 1.29 is 8.78 Å². The van der Waals surface area contributed by atoms with Gasteiger partial charge in [0, 0.05) is 0 Å². The zero-order valence-electron chi connectivity index (χ0n) is 5.59. The van der Waals surface area contributed by atoms with Crippen LogP contribution in [0.15, 0.2) is 18.3 Å². The first kappa shape index (κ1) is 8.34. The Morgan fingerprint density at radius 3 is 2.45 bits per heavy atom. The van der Waals surface area contributed by atoms with Crippen LogP contribution in [0.4, 0.5) is 14.5 Å². The molecule has 11 heavy (non-hydrogen) atoms. The molecule has 0 spiro atoms. The molecular formula is C6H7F2N2P. The van der Waals surface area contributed by atoms with Gasteiger partial charge in [-0.25, -0.2) is 0 Å². The van der Waals surface area contributed by atoms with Crippen LogP contribution < -0.4 is 5.73 Å². The summed E-state index contributed by atoms with van der Waals surface area (Å²) >= 11 is 0. The van der Waals surface area contributed by atoms with E-state index < -0.39 is 5.66 Å². The Balaban J connectivity index is 2.99. The van der Waals surface area contributed by atoms with Gasteiger partial charge in [-0.3, -0.25) is 4.98 Å². The van der Waals surface area contributed by atoms with E-state index in [1.54, 1.807) is 0 Å². The maximum absolute atomic E-state index is 12.4. The Morgan fingerprint density at radius 2 is 2.09 bits per heavy atom. The molecule has 1 heterocycles. The molecule has 0 saturated carbocycles. The summed E-state index contributed by atoms with van der Waals surface area (Å²) in [5.74, 6) is 0. The highest BCUT2D eigenvalue weighted by atomic mass is 31.0. The molecule has 60 valence electrons. The normalized spacial score (nSPS) is 11.5. The number of hydrogen-bond donors (Lipinski definition) is 1. The van der Waals surface area contributed by atoms with E-state index in [-0.39, 0.29) is 5.69 Å². The number of anilines is 1. The van der Waals surface area contributed by atoms with Gasteiger partial charge in [0.1, 0.15) is 5.69 Å². The lowest BCUT2D eigenvalue weighted by atomic mass is 10.3. The van der Waals surface area contributed by atoms with Crippen LogP contribution in [0.1, 0.15) is 5.69 Å². The molecule has 0 aliphatic rings. The molecule has 1 unspecified atom stereocenters. The first-order valence-corrected chi connectivity index (χ1v) is 3.46. The van der Waals surface area contributed by atoms with E-state index in [0.717, 1.165) is 0 Å². The predicted molar refractivity (Wildman–Crippen MR) is 42.3 cm³/mol. The third kappa shape index (κ3) is 2.09. The summed E-state index contributed by atoms with van der Waals surface area (Å²) in [5, 5.41) is 0. The SMILES string of the molecule is Nc1ccc(C(F)(F)P)nc1. The number of halogens is 2. The Kier molecular flexibility index (Phi) is 2.05. The number of aromatic nitrogens is 1. The lowest BCUT2D eigenvalue weighted by Crippen LogP contribution is -2.05. The zero-order chi connectivity index (χ0) is 8.48. The minimum atomic E-state index is -2.96. The van der Waals surface area contributed by atoms with Gasteiger partial charge in [0.25, 0.3) is 5.66 Å². The molecule has 2 nitrogen and oxygen atoms in total. The molecule has 0 amide bonds. The topological polar surface area (TPSA) is 38.9 Å². The van der Waals surface area contributed by atoms with E-state index >= 15 is 0 Å². The van der Waals surface area contributed by atoms with E-state index in [9.17, 15) is 8.78 Å². The summed E-state index contributed by atoms with van der Waals surface area (Å²) in [7, 11) is 1.41. The maximum atomic E-state index is 12.4. The second-order valence-electron chi connectivity index (χ2n) is 2.10. The number of hydrogen-bond acceptors (Lipinski definition) is 2. The van der Waals surface area contributed by atoms with Crippen molar-refractivity contribution >= 4 is 14.9 Å². The Bertz CT molecular complexity index is 242. The average Bonchev–Trinajstić information content (AvgIpc) is 1.86. The zero-order valence-corrected chi connectivity index (χ0v) is 6.74. The molecular weight excluding hydrogens is 169 g/mol. The molecule has 0 aromatic carbocycles. The second kappa shape index (κ2) is 2.70. The summed E-state index contributed by atoms with van der Waals surface area (Å²) < 4.78 is 24.9. The van der Waals surface area contributed by atoms with Gasteiger partial charge < -0.3 is 5.73 Å². The quantitative estimate of drug-likeness (QED) is 0.660. The van der Waals surface area contributed by atoms with Crippen LogP contribution in [0.5, 0.6) is 0 Å². The fourth-order valence-electron chi connectivity index (χ4n) is 0.602. The van der Waals surface area contributed by atoms with Crippen LogP contribution in [0.2, 0.25) is 0 Å². The Hall–Kier alpha value is -0.760. The molecule has 2 N–H and O–H groups in total. The summed E-state index contributed by atoms with van der Waals surface area (Å²) in [6, 6.07) is 2.59. The molecule has 0 fully saturated rings. The monoisotopic (exact) mass is 176 g/mol. The highest BCUT2D eigenvalue weighted by molar-refractivity contribution is 7.17. The van der Waals surface area contributed by atoms with Crippen molar-refractivity contribution in [3.63, 3.8) is 0 Å². The minimum Gasteiger partial charge on any atom is -0.397 e. The number of nitrogen functional groups attached to an aromatic ring is 1. The fraction of sp³-hybridized carbons (Fsp3) is 0.167. The molecule has 5 heteroatoms. The molecule has 1 atom stereocenters. The van der Waals surface area contributed by atoms with Crippen molar-refractivity contribution in [3.05, 3.63) is 24.0 Å². The van der Waals surface area contributed by atoms with Gasteiger partial charge in [-0.15, -0.1) is 0 Å². The van der Waals surface area contributed by atoms with Crippen LogP contribution in [0, 0.1) is 0 Å². The molecule has 0 saturated heterocycles. The third-order valence-electron chi connectivity index (χ3n) is 1.13. The average molecular weight is 176 g/mol. The van der Waals surface area contributed by atoms with Gasteiger partial charge >= 0.3 is 0 Å². The molecule has 0 radical (unpaired) electrons. The second-order valence-corrected chi connectivity index (χ2v) is 2.82. The van der Waals surface area contributed by atoms with E-state index in [1.165, 1.54) is 27.6 Å². The fourth-order valence-corrected chi connectivity index (χ4v) is 0.773. The van der Waals surface area contributed by atoms with Crippen molar-refractivity contribution in [2.75, 3.05) is 5.73 Å². The number of nitrogens with zero attached hydrogens (tertiary/aromatic N) is 1. The van der Waals surface area contributed by atoms with Crippen LogP contribution >= 0.6 is 9.24 Å². The van der Waals surface area contributed by atoms with Crippen molar-refractivity contribution in [2.24, 2.45) is 0 Å². The highest BCUT2D eigenvalue weighted by Gasteiger charge is 2.25. The standard InChI is InChI=1S/C6H7F2N2P/c7-6(8,11)5-2-1-4(9)3-10-5/h1-3H,9,11H2. The van der Waals surface area contributed by atoms with Crippen molar-refractivity contribution in [1.82, 2.24) is 4.98 Å². The molecule has 0 aliphatic carbocycles.